The third kappa shape index (κ3) is 4.44. The molecule has 4 nitrogen and oxygen atoms in total. The van der Waals surface area contributed by atoms with Gasteiger partial charge in [0.15, 0.2) is 0 Å². The summed E-state index contributed by atoms with van der Waals surface area (Å²) in [5.41, 5.74) is 1.84. The summed E-state index contributed by atoms with van der Waals surface area (Å²) in [5, 5.41) is 10.2. The molecule has 0 aliphatic heterocycles. The maximum atomic E-state index is 13.7. The van der Waals surface area contributed by atoms with E-state index in [4.69, 9.17) is 0 Å². The zero-order chi connectivity index (χ0) is 25.9. The number of rotatable bonds is 4. The SMILES string of the molecule is CCc1c(C(C)(C)C)c(O)c(C(C)(C)C)c(CC)c1C(C(C)(C)C)(C(C)(C)C)P(=O)(O)O. The number of hydrogen-bond donors (Lipinski definition) is 3. The van der Waals surface area contributed by atoms with Crippen LogP contribution in [-0.4, -0.2) is 14.9 Å². The standard InChI is InChI=1S/C27H49O4P/c1-15-17-19(27(25(9,10)11,26(12,13)14)32(29,30)31)18(16-2)21(24(6,7)8)22(28)20(17)23(3,4)5/h28H,15-16H2,1-14H3,(H2,29,30,31). The Morgan fingerprint density at radius 1 is 0.625 bits per heavy atom. The first-order valence-electron chi connectivity index (χ1n) is 11.9. The van der Waals surface area contributed by atoms with E-state index in [-0.39, 0.29) is 5.75 Å². The summed E-state index contributed by atoms with van der Waals surface area (Å²) in [6.07, 6.45) is 1.17. The molecule has 0 bridgehead atoms. The minimum absolute atomic E-state index is 0.282. The molecule has 0 spiro atoms. The third-order valence-corrected chi connectivity index (χ3v) is 9.30. The highest BCUT2D eigenvalue weighted by atomic mass is 31.2. The van der Waals surface area contributed by atoms with Crippen molar-refractivity contribution >= 4 is 7.60 Å². The van der Waals surface area contributed by atoms with Crippen molar-refractivity contribution in [2.24, 2.45) is 10.8 Å². The highest BCUT2D eigenvalue weighted by Gasteiger charge is 2.64. The van der Waals surface area contributed by atoms with Crippen molar-refractivity contribution in [1.29, 1.82) is 0 Å². The molecule has 0 radical (unpaired) electrons. The first-order valence-corrected chi connectivity index (χ1v) is 13.5. The van der Waals surface area contributed by atoms with Crippen LogP contribution in [0.15, 0.2) is 0 Å². The van der Waals surface area contributed by atoms with Crippen molar-refractivity contribution in [2.45, 2.75) is 126 Å². The van der Waals surface area contributed by atoms with Crippen LogP contribution in [-0.2, 0) is 33.4 Å². The van der Waals surface area contributed by atoms with E-state index in [9.17, 15) is 19.5 Å². The van der Waals surface area contributed by atoms with Gasteiger partial charge in [-0.25, -0.2) is 0 Å². The van der Waals surface area contributed by atoms with E-state index in [0.717, 1.165) is 27.8 Å². The summed E-state index contributed by atoms with van der Waals surface area (Å²) in [7, 11) is -4.69. The first-order chi connectivity index (χ1) is 13.9. The zero-order valence-corrected chi connectivity index (χ0v) is 24.0. The molecule has 0 heterocycles. The molecule has 1 aromatic rings. The molecule has 3 N–H and O–H groups in total. The number of aromatic hydroxyl groups is 1. The fourth-order valence-electron chi connectivity index (χ4n) is 6.50. The summed E-state index contributed by atoms with van der Waals surface area (Å²) < 4.78 is 13.7. The van der Waals surface area contributed by atoms with Crippen LogP contribution in [0.5, 0.6) is 5.75 Å². The molecule has 0 aliphatic rings. The molecule has 0 saturated heterocycles. The Bertz CT molecular complexity index is 837. The lowest BCUT2D eigenvalue weighted by Gasteiger charge is -2.55. The molecular formula is C27H49O4P. The molecule has 32 heavy (non-hydrogen) atoms. The van der Waals surface area contributed by atoms with Gasteiger partial charge in [-0.2, -0.15) is 0 Å². The van der Waals surface area contributed by atoms with E-state index in [2.05, 4.69) is 41.5 Å². The van der Waals surface area contributed by atoms with E-state index < -0.39 is 34.4 Å². The van der Waals surface area contributed by atoms with Gasteiger partial charge in [-0.1, -0.05) is 96.9 Å². The molecule has 0 aromatic heterocycles. The molecule has 0 amide bonds. The van der Waals surface area contributed by atoms with Crippen LogP contribution in [0.1, 0.15) is 125 Å². The van der Waals surface area contributed by atoms with Gasteiger partial charge in [0.25, 0.3) is 0 Å². The lowest BCUT2D eigenvalue weighted by Crippen LogP contribution is -2.51. The van der Waals surface area contributed by atoms with Gasteiger partial charge in [0, 0.05) is 11.1 Å². The molecule has 0 unspecified atom stereocenters. The quantitative estimate of drug-likeness (QED) is 0.398. The van der Waals surface area contributed by atoms with Crippen molar-refractivity contribution < 1.29 is 19.5 Å². The Morgan fingerprint density at radius 3 is 1.06 bits per heavy atom. The normalized spacial score (nSPS) is 14.8. The predicted molar refractivity (Wildman–Crippen MR) is 137 cm³/mol. The number of hydrogen-bond acceptors (Lipinski definition) is 2. The summed E-state index contributed by atoms with van der Waals surface area (Å²) in [6.45, 7) is 28.1. The van der Waals surface area contributed by atoms with Gasteiger partial charge in [0.1, 0.15) is 10.9 Å². The van der Waals surface area contributed by atoms with Gasteiger partial charge >= 0.3 is 7.60 Å². The second kappa shape index (κ2) is 8.43. The van der Waals surface area contributed by atoms with Crippen LogP contribution < -0.4 is 0 Å². The summed E-state index contributed by atoms with van der Waals surface area (Å²) >= 11 is 0. The Hall–Kier alpha value is -0.830. The Kier molecular flexibility index (Phi) is 7.70. The van der Waals surface area contributed by atoms with E-state index in [1.54, 1.807) is 0 Å². The van der Waals surface area contributed by atoms with Crippen molar-refractivity contribution in [1.82, 2.24) is 0 Å². The molecule has 1 aromatic carbocycles. The molecule has 0 fully saturated rings. The Labute approximate surface area is 197 Å². The molecule has 0 atom stereocenters. The van der Waals surface area contributed by atoms with Crippen LogP contribution in [0.2, 0.25) is 0 Å². The topological polar surface area (TPSA) is 77.8 Å². The number of phenols is 1. The monoisotopic (exact) mass is 468 g/mol. The van der Waals surface area contributed by atoms with Crippen molar-refractivity contribution in [3.05, 3.63) is 27.8 Å². The van der Waals surface area contributed by atoms with Crippen molar-refractivity contribution in [3.63, 3.8) is 0 Å². The van der Waals surface area contributed by atoms with E-state index >= 15 is 0 Å². The van der Waals surface area contributed by atoms with Crippen molar-refractivity contribution in [2.75, 3.05) is 0 Å². The predicted octanol–water partition coefficient (Wildman–Crippen LogP) is 7.58. The molecule has 0 aliphatic carbocycles. The zero-order valence-electron chi connectivity index (χ0n) is 23.1. The van der Waals surface area contributed by atoms with Crippen molar-refractivity contribution in [3.8, 4) is 5.75 Å². The summed E-state index contributed by atoms with van der Waals surface area (Å²) in [4.78, 5) is 22.4. The highest BCUT2D eigenvalue weighted by Crippen LogP contribution is 2.74. The van der Waals surface area contributed by atoms with Gasteiger partial charge in [-0.15, -0.1) is 0 Å². The van der Waals surface area contributed by atoms with Gasteiger partial charge in [0.05, 0.1) is 0 Å². The fourth-order valence-corrected chi connectivity index (χ4v) is 8.81. The highest BCUT2D eigenvalue weighted by molar-refractivity contribution is 7.53. The first kappa shape index (κ1) is 29.2. The second-order valence-corrected chi connectivity index (χ2v) is 15.2. The van der Waals surface area contributed by atoms with Gasteiger partial charge in [-0.05, 0) is 51.2 Å². The van der Waals surface area contributed by atoms with Gasteiger partial charge in [0.2, 0.25) is 0 Å². The van der Waals surface area contributed by atoms with E-state index in [1.165, 1.54) is 0 Å². The Balaban J connectivity index is 4.84. The van der Waals surface area contributed by atoms with Crippen LogP contribution in [0.25, 0.3) is 0 Å². The third-order valence-electron chi connectivity index (χ3n) is 6.86. The molecular weight excluding hydrogens is 419 g/mol. The lowest BCUT2D eigenvalue weighted by molar-refractivity contribution is 0.0963. The van der Waals surface area contributed by atoms with Crippen LogP contribution in [0.4, 0.5) is 0 Å². The minimum Gasteiger partial charge on any atom is -0.507 e. The van der Waals surface area contributed by atoms with E-state index in [0.29, 0.717) is 12.8 Å². The molecule has 5 heteroatoms. The lowest BCUT2D eigenvalue weighted by atomic mass is 9.58. The number of phenolic OH excluding ortho intramolecular Hbond substituents is 1. The fraction of sp³-hybridized carbons (Fsp3) is 0.778. The Morgan fingerprint density at radius 2 is 0.906 bits per heavy atom. The largest absolute Gasteiger partial charge is 0.507 e. The smallest absolute Gasteiger partial charge is 0.337 e. The maximum Gasteiger partial charge on any atom is 0.337 e. The maximum absolute atomic E-state index is 13.7. The second-order valence-electron chi connectivity index (χ2n) is 13.4. The molecule has 1 rings (SSSR count). The van der Waals surface area contributed by atoms with Gasteiger partial charge in [-0.3, -0.25) is 4.57 Å². The summed E-state index contributed by atoms with van der Waals surface area (Å²) in [6, 6.07) is 0. The van der Waals surface area contributed by atoms with Crippen LogP contribution >= 0.6 is 7.60 Å². The summed E-state index contributed by atoms with van der Waals surface area (Å²) in [5.74, 6) is 0.282. The van der Waals surface area contributed by atoms with Gasteiger partial charge < -0.3 is 14.9 Å². The molecule has 186 valence electrons. The average Bonchev–Trinajstić information content (AvgIpc) is 2.48. The minimum atomic E-state index is -4.69. The molecule has 0 saturated carbocycles. The van der Waals surface area contributed by atoms with Crippen LogP contribution in [0.3, 0.4) is 0 Å². The van der Waals surface area contributed by atoms with Crippen LogP contribution in [0, 0.1) is 10.8 Å². The van der Waals surface area contributed by atoms with E-state index in [1.807, 2.05) is 55.4 Å². The average molecular weight is 469 g/mol. The number of benzene rings is 1.